The van der Waals surface area contributed by atoms with Gasteiger partial charge in [0.15, 0.2) is 11.4 Å². The molecular formula is C23H25F2N3O4. The van der Waals surface area contributed by atoms with E-state index in [2.05, 4.69) is 12.2 Å². The molecule has 2 aliphatic rings. The van der Waals surface area contributed by atoms with Crippen LogP contribution in [-0.2, 0) is 6.54 Å². The molecule has 2 amide bonds. The fourth-order valence-corrected chi connectivity index (χ4v) is 4.82. The maximum atomic E-state index is 14.1. The van der Waals surface area contributed by atoms with Gasteiger partial charge in [-0.25, -0.2) is 8.78 Å². The zero-order valence-electron chi connectivity index (χ0n) is 18.1. The Kier molecular flexibility index (Phi) is 5.52. The van der Waals surface area contributed by atoms with Gasteiger partial charge >= 0.3 is 0 Å². The SMILES string of the molecule is Cc1cc(F)c(CNC(=O)c2cn3c(c(O)c2=O)C(=O)N2C[C@@H]3C[C@@H](C)C[C@@H]2C)c(F)c1. The summed E-state index contributed by atoms with van der Waals surface area (Å²) in [6, 6.07) is 2.06. The van der Waals surface area contributed by atoms with E-state index < -0.39 is 41.2 Å². The Labute approximate surface area is 183 Å². The minimum Gasteiger partial charge on any atom is -0.503 e. The topological polar surface area (TPSA) is 91.6 Å². The Hall–Kier alpha value is -3.23. The standard InChI is InChI=1S/C23H25F2N3O4/c1-11-4-13(3)27-9-14(5-11)28-10-16(20(29)21(30)19(28)23(27)32)22(31)26-8-15-17(24)6-12(2)7-18(15)25/h6-7,10-11,13-14,30H,4-5,8-9H2,1-3H3,(H,26,31)/t11-,13-,14-/m0/s1. The number of amides is 2. The van der Waals surface area contributed by atoms with Crippen molar-refractivity contribution in [1.82, 2.24) is 14.8 Å². The highest BCUT2D eigenvalue weighted by atomic mass is 19.1. The zero-order chi connectivity index (χ0) is 23.3. The predicted octanol–water partition coefficient (Wildman–Crippen LogP) is 2.89. The summed E-state index contributed by atoms with van der Waals surface area (Å²) >= 11 is 0. The lowest BCUT2D eigenvalue weighted by Crippen LogP contribution is -2.47. The molecule has 4 rings (SSSR count). The van der Waals surface area contributed by atoms with Gasteiger partial charge in [0.05, 0.1) is 6.04 Å². The molecule has 1 aromatic carbocycles. The largest absolute Gasteiger partial charge is 0.503 e. The second-order valence-electron chi connectivity index (χ2n) is 8.90. The van der Waals surface area contributed by atoms with E-state index in [0.29, 0.717) is 24.4 Å². The molecule has 7 nitrogen and oxygen atoms in total. The number of halogens is 2. The number of pyridine rings is 1. The summed E-state index contributed by atoms with van der Waals surface area (Å²) in [5.41, 5.74) is -1.43. The Balaban J connectivity index is 1.69. The first-order valence-corrected chi connectivity index (χ1v) is 10.6. The van der Waals surface area contributed by atoms with Gasteiger partial charge in [-0.1, -0.05) is 6.92 Å². The molecule has 170 valence electrons. The van der Waals surface area contributed by atoms with Gasteiger partial charge in [0.1, 0.15) is 17.2 Å². The number of aromatic nitrogens is 1. The molecule has 1 aromatic heterocycles. The second kappa shape index (κ2) is 8.03. The number of rotatable bonds is 3. The van der Waals surface area contributed by atoms with Crippen LogP contribution >= 0.6 is 0 Å². The third-order valence-corrected chi connectivity index (χ3v) is 6.38. The minimum atomic E-state index is -0.993. The summed E-state index contributed by atoms with van der Waals surface area (Å²) < 4.78 is 29.7. The number of nitrogens with zero attached hydrogens (tertiary/aromatic N) is 2. The van der Waals surface area contributed by atoms with E-state index in [4.69, 9.17) is 0 Å². The molecule has 2 bridgehead atoms. The van der Waals surface area contributed by atoms with Crippen LogP contribution in [0.25, 0.3) is 0 Å². The van der Waals surface area contributed by atoms with Gasteiger partial charge < -0.3 is 19.9 Å². The molecule has 3 atom stereocenters. The van der Waals surface area contributed by atoms with Gasteiger partial charge in [-0.3, -0.25) is 14.4 Å². The number of nitrogens with one attached hydrogen (secondary N) is 1. The number of carbonyl (C=O) groups is 2. The average molecular weight is 445 g/mol. The zero-order valence-corrected chi connectivity index (χ0v) is 18.1. The molecule has 0 saturated carbocycles. The van der Waals surface area contributed by atoms with E-state index in [1.165, 1.54) is 10.8 Å². The van der Waals surface area contributed by atoms with Crippen LogP contribution in [0.3, 0.4) is 0 Å². The van der Waals surface area contributed by atoms with Crippen molar-refractivity contribution in [1.29, 1.82) is 0 Å². The molecule has 3 heterocycles. The average Bonchev–Trinajstić information content (AvgIpc) is 2.83. The number of carbonyl (C=O) groups excluding carboxylic acids is 2. The summed E-state index contributed by atoms with van der Waals surface area (Å²) in [6.07, 6.45) is 2.78. The lowest BCUT2D eigenvalue weighted by Gasteiger charge is -2.37. The van der Waals surface area contributed by atoms with E-state index in [1.54, 1.807) is 11.8 Å². The highest BCUT2D eigenvalue weighted by Gasteiger charge is 2.40. The molecule has 9 heteroatoms. The quantitative estimate of drug-likeness (QED) is 0.760. The first-order chi connectivity index (χ1) is 15.1. The maximum absolute atomic E-state index is 14.1. The van der Waals surface area contributed by atoms with Crippen LogP contribution < -0.4 is 10.7 Å². The minimum absolute atomic E-state index is 0.0342. The summed E-state index contributed by atoms with van der Waals surface area (Å²) in [7, 11) is 0. The van der Waals surface area contributed by atoms with Crippen LogP contribution in [0.5, 0.6) is 5.75 Å². The van der Waals surface area contributed by atoms with Gasteiger partial charge in [-0.05, 0) is 50.3 Å². The van der Waals surface area contributed by atoms with E-state index in [-0.39, 0.29) is 28.9 Å². The number of fused-ring (bicyclic) bond motifs is 4. The molecule has 0 spiro atoms. The molecule has 2 N–H and O–H groups in total. The Bertz CT molecular complexity index is 1150. The van der Waals surface area contributed by atoms with Crippen molar-refractivity contribution in [3.05, 3.63) is 62.6 Å². The number of benzene rings is 1. The van der Waals surface area contributed by atoms with E-state index in [9.17, 15) is 28.3 Å². The number of hydrogen-bond acceptors (Lipinski definition) is 4. The van der Waals surface area contributed by atoms with Crippen molar-refractivity contribution in [2.75, 3.05) is 6.54 Å². The molecule has 0 radical (unpaired) electrons. The molecule has 0 aliphatic carbocycles. The van der Waals surface area contributed by atoms with Gasteiger partial charge in [-0.15, -0.1) is 0 Å². The van der Waals surface area contributed by atoms with Crippen LogP contribution in [0.4, 0.5) is 8.78 Å². The summed E-state index contributed by atoms with van der Waals surface area (Å²) in [5, 5.41) is 12.9. The summed E-state index contributed by atoms with van der Waals surface area (Å²) in [4.78, 5) is 40.1. The molecule has 32 heavy (non-hydrogen) atoms. The molecule has 1 fully saturated rings. The molecule has 0 unspecified atom stereocenters. The van der Waals surface area contributed by atoms with Gasteiger partial charge in [0, 0.05) is 30.9 Å². The Morgan fingerprint density at radius 1 is 1.19 bits per heavy atom. The number of aromatic hydroxyl groups is 1. The van der Waals surface area contributed by atoms with E-state index in [0.717, 1.165) is 18.6 Å². The van der Waals surface area contributed by atoms with Crippen molar-refractivity contribution in [2.24, 2.45) is 5.92 Å². The monoisotopic (exact) mass is 445 g/mol. The molecule has 2 aromatic rings. The van der Waals surface area contributed by atoms with Crippen molar-refractivity contribution in [3.63, 3.8) is 0 Å². The lowest BCUT2D eigenvalue weighted by atomic mass is 9.97. The van der Waals surface area contributed by atoms with Crippen LogP contribution in [0.1, 0.15) is 64.7 Å². The van der Waals surface area contributed by atoms with Crippen LogP contribution in [-0.4, -0.2) is 39.0 Å². The molecule has 2 aliphatic heterocycles. The smallest absolute Gasteiger partial charge is 0.274 e. The maximum Gasteiger partial charge on any atom is 0.274 e. The predicted molar refractivity (Wildman–Crippen MR) is 113 cm³/mol. The van der Waals surface area contributed by atoms with Crippen LogP contribution in [0, 0.1) is 24.5 Å². The summed E-state index contributed by atoms with van der Waals surface area (Å²) in [5.74, 6) is -3.44. The van der Waals surface area contributed by atoms with Crippen LogP contribution in [0.2, 0.25) is 0 Å². The van der Waals surface area contributed by atoms with Crippen LogP contribution in [0.15, 0.2) is 23.1 Å². The number of hydrogen-bond donors (Lipinski definition) is 2. The van der Waals surface area contributed by atoms with Crippen molar-refractivity contribution in [3.8, 4) is 5.75 Å². The lowest BCUT2D eigenvalue weighted by molar-refractivity contribution is 0.0604. The van der Waals surface area contributed by atoms with E-state index in [1.807, 2.05) is 6.92 Å². The fourth-order valence-electron chi connectivity index (χ4n) is 4.82. The third kappa shape index (κ3) is 3.65. The van der Waals surface area contributed by atoms with Gasteiger partial charge in [0.2, 0.25) is 5.43 Å². The molecule has 1 saturated heterocycles. The van der Waals surface area contributed by atoms with Crippen molar-refractivity contribution < 1.29 is 23.5 Å². The fraction of sp³-hybridized carbons (Fsp3) is 0.435. The third-order valence-electron chi connectivity index (χ3n) is 6.38. The van der Waals surface area contributed by atoms with Gasteiger partial charge in [0.25, 0.3) is 11.8 Å². The Morgan fingerprint density at radius 3 is 2.50 bits per heavy atom. The Morgan fingerprint density at radius 2 is 1.84 bits per heavy atom. The highest BCUT2D eigenvalue weighted by molar-refractivity contribution is 5.99. The van der Waals surface area contributed by atoms with Crippen molar-refractivity contribution in [2.45, 2.75) is 52.2 Å². The van der Waals surface area contributed by atoms with Gasteiger partial charge in [-0.2, -0.15) is 0 Å². The number of aryl methyl sites for hydroxylation is 1. The molecular weight excluding hydrogens is 420 g/mol. The van der Waals surface area contributed by atoms with Crippen molar-refractivity contribution >= 4 is 11.8 Å². The van der Waals surface area contributed by atoms with E-state index >= 15 is 0 Å². The first kappa shape index (κ1) is 22.0. The second-order valence-corrected chi connectivity index (χ2v) is 8.90. The normalized spacial score (nSPS) is 22.3. The highest BCUT2D eigenvalue weighted by Crippen LogP contribution is 2.36. The summed E-state index contributed by atoms with van der Waals surface area (Å²) in [6.45, 7) is 5.50. The first-order valence-electron chi connectivity index (χ1n) is 10.6.